The molecule has 3 rings (SSSR count). The second-order valence-corrected chi connectivity index (χ2v) is 8.37. The van der Waals surface area contributed by atoms with Crippen LogP contribution >= 0.6 is 24.0 Å². The van der Waals surface area contributed by atoms with Crippen LogP contribution in [0.5, 0.6) is 0 Å². The van der Waals surface area contributed by atoms with Gasteiger partial charge in [-0.3, -0.25) is 9.69 Å². The lowest BCUT2D eigenvalue weighted by molar-refractivity contribution is -0.113. The highest BCUT2D eigenvalue weighted by Gasteiger charge is 2.33. The van der Waals surface area contributed by atoms with Crippen LogP contribution in [0.25, 0.3) is 6.08 Å². The summed E-state index contributed by atoms with van der Waals surface area (Å²) < 4.78 is 0.564. The van der Waals surface area contributed by atoms with Gasteiger partial charge in [0.05, 0.1) is 10.6 Å². The third kappa shape index (κ3) is 4.23. The van der Waals surface area contributed by atoms with Crippen molar-refractivity contribution in [1.29, 1.82) is 0 Å². The Hall–Kier alpha value is -2.31. The minimum absolute atomic E-state index is 0.0691. The maximum Gasteiger partial charge on any atom is 0.270 e. The summed E-state index contributed by atoms with van der Waals surface area (Å²) in [5.41, 5.74) is 4.07. The van der Waals surface area contributed by atoms with Gasteiger partial charge in [-0.2, -0.15) is 0 Å². The van der Waals surface area contributed by atoms with Crippen LogP contribution in [-0.2, 0) is 4.79 Å². The van der Waals surface area contributed by atoms with E-state index < -0.39 is 0 Å². The van der Waals surface area contributed by atoms with Crippen molar-refractivity contribution in [2.75, 3.05) is 41.9 Å². The van der Waals surface area contributed by atoms with Crippen LogP contribution in [0.3, 0.4) is 0 Å². The largest absolute Gasteiger partial charge is 0.378 e. The molecule has 0 aromatic heterocycles. The summed E-state index contributed by atoms with van der Waals surface area (Å²) in [6, 6.07) is 16.1. The van der Waals surface area contributed by atoms with Gasteiger partial charge in [0.1, 0.15) is 0 Å². The zero-order valence-corrected chi connectivity index (χ0v) is 18.3. The first-order chi connectivity index (χ1) is 13.4. The molecule has 2 aromatic rings. The predicted molar refractivity (Wildman–Crippen MR) is 126 cm³/mol. The quantitative estimate of drug-likeness (QED) is 0.492. The van der Waals surface area contributed by atoms with Crippen LogP contribution in [-0.4, -0.2) is 37.4 Å². The molecule has 1 heterocycles. The van der Waals surface area contributed by atoms with Crippen molar-refractivity contribution in [1.82, 2.24) is 0 Å². The SMILES string of the molecule is CCN(CC)c1ccc(/C=C2\SC(=S)N(c3ccc(N(C)C)cc3)C2=O)cc1. The Morgan fingerprint density at radius 2 is 1.54 bits per heavy atom. The zero-order valence-electron chi connectivity index (χ0n) is 16.7. The molecule has 2 aromatic carbocycles. The number of thioether (sulfide) groups is 1. The Labute approximate surface area is 176 Å². The van der Waals surface area contributed by atoms with E-state index in [1.54, 1.807) is 4.90 Å². The summed E-state index contributed by atoms with van der Waals surface area (Å²) in [6.07, 6.45) is 1.92. The molecule has 1 fully saturated rings. The normalized spacial score (nSPS) is 15.4. The number of hydrogen-bond acceptors (Lipinski definition) is 5. The van der Waals surface area contributed by atoms with Gasteiger partial charge in [-0.1, -0.05) is 36.1 Å². The number of benzene rings is 2. The Balaban J connectivity index is 1.81. The number of carbonyl (C=O) groups is 1. The van der Waals surface area contributed by atoms with Gasteiger partial charge in [0.25, 0.3) is 5.91 Å². The number of rotatable bonds is 6. The Kier molecular flexibility index (Phi) is 6.42. The van der Waals surface area contributed by atoms with Gasteiger partial charge in [-0.15, -0.1) is 0 Å². The molecular formula is C22H25N3OS2. The van der Waals surface area contributed by atoms with E-state index in [0.29, 0.717) is 9.23 Å². The number of nitrogens with zero attached hydrogens (tertiary/aromatic N) is 3. The van der Waals surface area contributed by atoms with Gasteiger partial charge in [0, 0.05) is 38.6 Å². The summed E-state index contributed by atoms with van der Waals surface area (Å²) in [5.74, 6) is -0.0691. The first-order valence-corrected chi connectivity index (χ1v) is 10.6. The molecule has 0 bridgehead atoms. The van der Waals surface area contributed by atoms with Gasteiger partial charge in [0.2, 0.25) is 0 Å². The molecule has 0 unspecified atom stereocenters. The van der Waals surface area contributed by atoms with Crippen LogP contribution in [0, 0.1) is 0 Å². The summed E-state index contributed by atoms with van der Waals surface area (Å²) >= 11 is 6.82. The topological polar surface area (TPSA) is 26.8 Å². The molecule has 1 amide bonds. The lowest BCUT2D eigenvalue weighted by atomic mass is 10.1. The van der Waals surface area contributed by atoms with Crippen LogP contribution in [0.4, 0.5) is 17.1 Å². The Bertz CT molecular complexity index is 885. The van der Waals surface area contributed by atoms with E-state index in [1.165, 1.54) is 17.4 Å². The molecule has 0 N–H and O–H groups in total. The Morgan fingerprint density at radius 1 is 0.964 bits per heavy atom. The second-order valence-electron chi connectivity index (χ2n) is 6.69. The molecule has 0 aliphatic carbocycles. The molecule has 146 valence electrons. The van der Waals surface area contributed by atoms with Crippen molar-refractivity contribution in [2.24, 2.45) is 0 Å². The second kappa shape index (κ2) is 8.80. The highest BCUT2D eigenvalue weighted by Crippen LogP contribution is 2.36. The van der Waals surface area contributed by atoms with Crippen molar-refractivity contribution >= 4 is 57.3 Å². The molecule has 0 spiro atoms. The molecule has 28 heavy (non-hydrogen) atoms. The van der Waals surface area contributed by atoms with Crippen LogP contribution in [0.2, 0.25) is 0 Å². The molecule has 0 atom stereocenters. The van der Waals surface area contributed by atoms with E-state index in [4.69, 9.17) is 12.2 Å². The molecule has 6 heteroatoms. The fourth-order valence-corrected chi connectivity index (χ4v) is 4.41. The molecule has 1 aliphatic rings. The number of amides is 1. The maximum atomic E-state index is 12.9. The van der Waals surface area contributed by atoms with Gasteiger partial charge in [-0.05, 0) is 61.9 Å². The lowest BCUT2D eigenvalue weighted by Gasteiger charge is -2.20. The van der Waals surface area contributed by atoms with E-state index in [9.17, 15) is 4.79 Å². The fraction of sp³-hybridized carbons (Fsp3) is 0.273. The molecule has 1 saturated heterocycles. The standard InChI is InChI=1S/C22H25N3OS2/c1-5-24(6-2)18-9-7-16(8-10-18)15-20-21(26)25(22(27)28-20)19-13-11-17(12-14-19)23(3)4/h7-15H,5-6H2,1-4H3/b20-15-. The Morgan fingerprint density at radius 3 is 2.07 bits per heavy atom. The predicted octanol–water partition coefficient (Wildman–Crippen LogP) is 5.00. The summed E-state index contributed by atoms with van der Waals surface area (Å²) in [6.45, 7) is 6.24. The van der Waals surface area contributed by atoms with Crippen molar-refractivity contribution in [3.63, 3.8) is 0 Å². The smallest absolute Gasteiger partial charge is 0.270 e. The molecule has 1 aliphatic heterocycles. The van der Waals surface area contributed by atoms with E-state index >= 15 is 0 Å². The van der Waals surface area contributed by atoms with Crippen LogP contribution in [0.15, 0.2) is 53.4 Å². The first-order valence-electron chi connectivity index (χ1n) is 9.35. The molecule has 0 saturated carbocycles. The number of hydrogen-bond donors (Lipinski definition) is 0. The number of thiocarbonyl (C=S) groups is 1. The highest BCUT2D eigenvalue weighted by molar-refractivity contribution is 8.27. The van der Waals surface area contributed by atoms with E-state index in [1.807, 2.05) is 61.5 Å². The zero-order chi connectivity index (χ0) is 20.3. The molecule has 4 nitrogen and oxygen atoms in total. The average molecular weight is 412 g/mol. The van der Waals surface area contributed by atoms with Gasteiger partial charge in [-0.25, -0.2) is 0 Å². The molecular weight excluding hydrogens is 386 g/mol. The molecule has 0 radical (unpaired) electrons. The van der Waals surface area contributed by atoms with E-state index in [-0.39, 0.29) is 5.91 Å². The van der Waals surface area contributed by atoms with Crippen molar-refractivity contribution < 1.29 is 4.79 Å². The monoisotopic (exact) mass is 411 g/mol. The minimum Gasteiger partial charge on any atom is -0.378 e. The van der Waals surface area contributed by atoms with E-state index in [0.717, 1.165) is 30.0 Å². The van der Waals surface area contributed by atoms with Crippen molar-refractivity contribution in [3.8, 4) is 0 Å². The van der Waals surface area contributed by atoms with E-state index in [2.05, 4.69) is 30.9 Å². The number of carbonyl (C=O) groups excluding carboxylic acids is 1. The summed E-state index contributed by atoms with van der Waals surface area (Å²) in [7, 11) is 3.98. The van der Waals surface area contributed by atoms with Gasteiger partial charge >= 0.3 is 0 Å². The van der Waals surface area contributed by atoms with Crippen LogP contribution < -0.4 is 14.7 Å². The van der Waals surface area contributed by atoms with Crippen LogP contribution in [0.1, 0.15) is 19.4 Å². The maximum absolute atomic E-state index is 12.9. The fourth-order valence-electron chi connectivity index (χ4n) is 3.11. The van der Waals surface area contributed by atoms with Crippen molar-refractivity contribution in [2.45, 2.75) is 13.8 Å². The van der Waals surface area contributed by atoms with Crippen molar-refractivity contribution in [3.05, 3.63) is 59.0 Å². The third-order valence-electron chi connectivity index (χ3n) is 4.74. The van der Waals surface area contributed by atoms with Gasteiger partial charge < -0.3 is 9.80 Å². The highest BCUT2D eigenvalue weighted by atomic mass is 32.2. The lowest BCUT2D eigenvalue weighted by Crippen LogP contribution is -2.27. The first kappa shape index (κ1) is 20.4. The summed E-state index contributed by atoms with van der Waals surface area (Å²) in [4.78, 5) is 19.5. The minimum atomic E-state index is -0.0691. The third-order valence-corrected chi connectivity index (χ3v) is 6.04. The number of anilines is 3. The summed E-state index contributed by atoms with van der Waals surface area (Å²) in [5, 5.41) is 0. The average Bonchev–Trinajstić information content (AvgIpc) is 2.97. The van der Waals surface area contributed by atoms with Gasteiger partial charge in [0.15, 0.2) is 4.32 Å².